The SMILES string of the molecule is C#C[C@@H](CNC(=O)[C@@H]1CCCN(C(=O)/C=C/C2CCNCC2)C1)C(=O)OCCCCC. The van der Waals surface area contributed by atoms with E-state index in [2.05, 4.69) is 23.5 Å². The van der Waals surface area contributed by atoms with Gasteiger partial charge in [-0.2, -0.15) is 0 Å². The van der Waals surface area contributed by atoms with E-state index in [1.165, 1.54) is 0 Å². The highest BCUT2D eigenvalue weighted by atomic mass is 16.5. The van der Waals surface area contributed by atoms with E-state index in [4.69, 9.17) is 11.2 Å². The van der Waals surface area contributed by atoms with Crippen LogP contribution in [0, 0.1) is 30.1 Å². The molecule has 0 unspecified atom stereocenters. The molecule has 2 heterocycles. The predicted octanol–water partition coefficient (Wildman–Crippen LogP) is 1.88. The zero-order valence-corrected chi connectivity index (χ0v) is 18.7. The van der Waals surface area contributed by atoms with E-state index in [0.717, 1.165) is 58.0 Å². The number of nitrogens with one attached hydrogen (secondary N) is 2. The van der Waals surface area contributed by atoms with Crippen molar-refractivity contribution in [3.63, 3.8) is 0 Å². The third kappa shape index (κ3) is 8.74. The number of piperidine rings is 2. The van der Waals surface area contributed by atoms with Gasteiger partial charge in [-0.1, -0.05) is 31.8 Å². The molecule has 2 N–H and O–H groups in total. The van der Waals surface area contributed by atoms with Crippen LogP contribution in [-0.4, -0.2) is 62.0 Å². The Hall–Kier alpha value is -2.33. The maximum Gasteiger partial charge on any atom is 0.322 e. The Morgan fingerprint density at radius 2 is 2.03 bits per heavy atom. The Kier molecular flexibility index (Phi) is 11.2. The van der Waals surface area contributed by atoms with E-state index in [1.807, 2.05) is 6.08 Å². The topological polar surface area (TPSA) is 87.7 Å². The minimum Gasteiger partial charge on any atom is -0.465 e. The molecule has 0 saturated carbocycles. The second kappa shape index (κ2) is 13.9. The summed E-state index contributed by atoms with van der Waals surface area (Å²) < 4.78 is 5.20. The normalized spacial score (nSPS) is 20.8. The number of allylic oxidation sites excluding steroid dienone is 1. The molecule has 7 heteroatoms. The van der Waals surface area contributed by atoms with Gasteiger partial charge in [-0.25, -0.2) is 0 Å². The maximum absolute atomic E-state index is 12.6. The summed E-state index contributed by atoms with van der Waals surface area (Å²) in [5, 5.41) is 6.10. The van der Waals surface area contributed by atoms with Crippen LogP contribution < -0.4 is 10.6 Å². The molecule has 2 rings (SSSR count). The number of likely N-dealkylation sites (tertiary alicyclic amines) is 1. The number of unbranched alkanes of at least 4 members (excludes halogenated alkanes) is 2. The zero-order chi connectivity index (χ0) is 22.5. The minimum atomic E-state index is -0.792. The molecule has 0 aromatic carbocycles. The lowest BCUT2D eigenvalue weighted by Gasteiger charge is -2.31. The average molecular weight is 432 g/mol. The van der Waals surface area contributed by atoms with Crippen molar-refractivity contribution < 1.29 is 19.1 Å². The molecular formula is C24H37N3O4. The number of nitrogens with zero attached hydrogens (tertiary/aromatic N) is 1. The average Bonchev–Trinajstić information content (AvgIpc) is 2.81. The van der Waals surface area contributed by atoms with Crippen molar-refractivity contribution in [1.82, 2.24) is 15.5 Å². The minimum absolute atomic E-state index is 0.0341. The van der Waals surface area contributed by atoms with Gasteiger partial charge in [0.05, 0.1) is 12.5 Å². The van der Waals surface area contributed by atoms with Crippen molar-refractivity contribution in [3.05, 3.63) is 12.2 Å². The van der Waals surface area contributed by atoms with Gasteiger partial charge in [0.15, 0.2) is 0 Å². The number of rotatable bonds is 10. The fourth-order valence-electron chi connectivity index (χ4n) is 3.93. The summed E-state index contributed by atoms with van der Waals surface area (Å²) >= 11 is 0. The molecule has 2 aliphatic heterocycles. The second-order valence-electron chi connectivity index (χ2n) is 8.41. The summed E-state index contributed by atoms with van der Waals surface area (Å²) in [5.41, 5.74) is 0. The number of terminal acetylenes is 1. The number of esters is 1. The van der Waals surface area contributed by atoms with Crippen molar-refractivity contribution >= 4 is 17.8 Å². The number of hydrogen-bond acceptors (Lipinski definition) is 5. The molecule has 0 bridgehead atoms. The van der Waals surface area contributed by atoms with Gasteiger partial charge in [-0.3, -0.25) is 14.4 Å². The number of carbonyl (C=O) groups excluding carboxylic acids is 3. The smallest absolute Gasteiger partial charge is 0.322 e. The van der Waals surface area contributed by atoms with Crippen molar-refractivity contribution in [3.8, 4) is 12.3 Å². The number of carbonyl (C=O) groups is 3. The Morgan fingerprint density at radius 3 is 2.74 bits per heavy atom. The molecular weight excluding hydrogens is 394 g/mol. The number of hydrogen-bond donors (Lipinski definition) is 2. The maximum atomic E-state index is 12.6. The van der Waals surface area contributed by atoms with Gasteiger partial charge in [-0.15, -0.1) is 6.42 Å². The summed E-state index contributed by atoms with van der Waals surface area (Å²) in [7, 11) is 0. The summed E-state index contributed by atoms with van der Waals surface area (Å²) in [4.78, 5) is 39.0. The summed E-state index contributed by atoms with van der Waals surface area (Å²) in [6.45, 7) is 5.51. The van der Waals surface area contributed by atoms with Crippen molar-refractivity contribution in [2.75, 3.05) is 39.3 Å². The van der Waals surface area contributed by atoms with E-state index in [-0.39, 0.29) is 24.3 Å². The molecule has 2 saturated heterocycles. The van der Waals surface area contributed by atoms with Gasteiger partial charge in [0, 0.05) is 19.6 Å². The van der Waals surface area contributed by atoms with Crippen LogP contribution in [0.3, 0.4) is 0 Å². The van der Waals surface area contributed by atoms with E-state index in [0.29, 0.717) is 25.6 Å². The molecule has 0 aromatic rings. The first-order valence-corrected chi connectivity index (χ1v) is 11.6. The zero-order valence-electron chi connectivity index (χ0n) is 18.7. The molecule has 172 valence electrons. The first kappa shape index (κ1) is 24.9. The molecule has 0 radical (unpaired) electrons. The summed E-state index contributed by atoms with van der Waals surface area (Å²) in [6, 6.07) is 0. The lowest BCUT2D eigenvalue weighted by atomic mass is 9.96. The molecule has 2 atom stereocenters. The third-order valence-corrected chi connectivity index (χ3v) is 5.96. The van der Waals surface area contributed by atoms with E-state index < -0.39 is 11.9 Å². The number of ether oxygens (including phenoxy) is 1. The third-order valence-electron chi connectivity index (χ3n) is 5.96. The van der Waals surface area contributed by atoms with Crippen LogP contribution in [0.4, 0.5) is 0 Å². The fraction of sp³-hybridized carbons (Fsp3) is 0.708. The van der Waals surface area contributed by atoms with Crippen LogP contribution in [0.1, 0.15) is 51.9 Å². The lowest BCUT2D eigenvalue weighted by molar-refractivity contribution is -0.146. The Balaban J connectivity index is 1.76. The number of amides is 2. The van der Waals surface area contributed by atoms with Crippen LogP contribution in [0.25, 0.3) is 0 Å². The van der Waals surface area contributed by atoms with Crippen LogP contribution in [0.5, 0.6) is 0 Å². The first-order valence-electron chi connectivity index (χ1n) is 11.6. The molecule has 2 aliphatic rings. The van der Waals surface area contributed by atoms with Crippen molar-refractivity contribution in [2.45, 2.75) is 51.9 Å². The molecule has 7 nitrogen and oxygen atoms in total. The highest BCUT2D eigenvalue weighted by Crippen LogP contribution is 2.18. The van der Waals surface area contributed by atoms with E-state index in [1.54, 1.807) is 11.0 Å². The summed E-state index contributed by atoms with van der Waals surface area (Å²) in [6.07, 6.45) is 15.6. The molecule has 0 aliphatic carbocycles. The highest BCUT2D eigenvalue weighted by Gasteiger charge is 2.28. The first-order chi connectivity index (χ1) is 15.0. The van der Waals surface area contributed by atoms with Gasteiger partial charge >= 0.3 is 5.97 Å². The second-order valence-corrected chi connectivity index (χ2v) is 8.41. The summed E-state index contributed by atoms with van der Waals surface area (Å²) in [5.74, 6) is 1.10. The molecule has 2 amide bonds. The molecule has 31 heavy (non-hydrogen) atoms. The van der Waals surface area contributed by atoms with Crippen molar-refractivity contribution in [2.24, 2.45) is 17.8 Å². The fourth-order valence-corrected chi connectivity index (χ4v) is 3.93. The quantitative estimate of drug-likeness (QED) is 0.239. The van der Waals surface area contributed by atoms with Crippen LogP contribution >= 0.6 is 0 Å². The Morgan fingerprint density at radius 1 is 1.26 bits per heavy atom. The molecule has 0 aromatic heterocycles. The lowest BCUT2D eigenvalue weighted by Crippen LogP contribution is -2.46. The monoisotopic (exact) mass is 431 g/mol. The van der Waals surface area contributed by atoms with Crippen LogP contribution in [-0.2, 0) is 19.1 Å². The molecule has 0 spiro atoms. The van der Waals surface area contributed by atoms with Crippen LogP contribution in [0.15, 0.2) is 12.2 Å². The Bertz CT molecular complexity index is 664. The standard InChI is InChI=1S/C24H37N3O4/c1-3-5-6-16-31-24(30)20(4-2)17-26-23(29)21-8-7-15-27(18-21)22(28)10-9-19-11-13-25-14-12-19/h2,9-10,19-21,25H,3,5-8,11-18H2,1H3,(H,26,29)/b10-9+/t20-,21+/m0/s1. The Labute approximate surface area is 186 Å². The van der Waals surface area contributed by atoms with Gasteiger partial charge in [-0.05, 0) is 57.2 Å². The largest absolute Gasteiger partial charge is 0.465 e. The van der Waals surface area contributed by atoms with Gasteiger partial charge in [0.1, 0.15) is 5.92 Å². The highest BCUT2D eigenvalue weighted by molar-refractivity contribution is 5.88. The van der Waals surface area contributed by atoms with E-state index >= 15 is 0 Å². The van der Waals surface area contributed by atoms with Gasteiger partial charge < -0.3 is 20.3 Å². The predicted molar refractivity (Wildman–Crippen MR) is 120 cm³/mol. The van der Waals surface area contributed by atoms with Crippen LogP contribution in [0.2, 0.25) is 0 Å². The molecule has 2 fully saturated rings. The van der Waals surface area contributed by atoms with Gasteiger partial charge in [0.25, 0.3) is 0 Å². The van der Waals surface area contributed by atoms with E-state index in [9.17, 15) is 14.4 Å². The van der Waals surface area contributed by atoms with Gasteiger partial charge in [0.2, 0.25) is 11.8 Å². The van der Waals surface area contributed by atoms with Crippen molar-refractivity contribution in [1.29, 1.82) is 0 Å².